The maximum atomic E-state index is 12.0. The molecule has 1 aromatic carbocycles. The fourth-order valence-corrected chi connectivity index (χ4v) is 3.62. The van der Waals surface area contributed by atoms with Crippen LogP contribution in [0.15, 0.2) is 16.6 Å². The molecule has 0 radical (unpaired) electrons. The van der Waals surface area contributed by atoms with Gasteiger partial charge in [-0.3, -0.25) is 4.79 Å². The predicted octanol–water partition coefficient (Wildman–Crippen LogP) is 3.88. The van der Waals surface area contributed by atoms with E-state index in [1.54, 1.807) is 11.8 Å². The lowest BCUT2D eigenvalue weighted by molar-refractivity contribution is -0.116. The quantitative estimate of drug-likeness (QED) is 0.784. The molecule has 0 saturated carbocycles. The van der Waals surface area contributed by atoms with Crippen LogP contribution in [0.25, 0.3) is 0 Å². The van der Waals surface area contributed by atoms with Crippen LogP contribution in [0.5, 0.6) is 5.75 Å². The monoisotopic (exact) mass is 342 g/mol. The largest absolute Gasteiger partial charge is 0.493 e. The summed E-state index contributed by atoms with van der Waals surface area (Å²) in [4.78, 5) is 12.0. The Labute approximate surface area is 127 Å². The van der Waals surface area contributed by atoms with Crippen LogP contribution in [0.3, 0.4) is 0 Å². The first kappa shape index (κ1) is 14.9. The van der Waals surface area contributed by atoms with Crippen LogP contribution < -0.4 is 4.74 Å². The summed E-state index contributed by atoms with van der Waals surface area (Å²) in [7, 11) is 0. The highest BCUT2D eigenvalue weighted by molar-refractivity contribution is 9.10. The van der Waals surface area contributed by atoms with E-state index < -0.39 is 0 Å². The zero-order valence-corrected chi connectivity index (χ0v) is 13.8. The highest BCUT2D eigenvalue weighted by Crippen LogP contribution is 2.33. The van der Waals surface area contributed by atoms with Crippen molar-refractivity contribution in [3.63, 3.8) is 0 Å². The van der Waals surface area contributed by atoms with E-state index in [-0.39, 0.29) is 5.78 Å². The molecule has 19 heavy (non-hydrogen) atoms. The summed E-state index contributed by atoms with van der Waals surface area (Å²) in [6.07, 6.45) is 1.42. The average Bonchev–Trinajstić information content (AvgIpc) is 2.76. The molecule has 0 N–H and O–H groups in total. The number of halogens is 1. The van der Waals surface area contributed by atoms with Crippen LogP contribution in [-0.2, 0) is 17.6 Å². The Morgan fingerprint density at radius 1 is 1.47 bits per heavy atom. The Balaban J connectivity index is 1.97. The van der Waals surface area contributed by atoms with Crippen molar-refractivity contribution in [1.82, 2.24) is 0 Å². The minimum absolute atomic E-state index is 0.279. The van der Waals surface area contributed by atoms with Crippen LogP contribution in [-0.4, -0.2) is 23.9 Å². The second kappa shape index (κ2) is 6.80. The SMILES string of the molecule is CC(C)CSCC(=O)Cc1cc(Br)cc2c1OCC2. The molecule has 0 spiro atoms. The summed E-state index contributed by atoms with van der Waals surface area (Å²) < 4.78 is 6.68. The van der Waals surface area contributed by atoms with Crippen molar-refractivity contribution in [2.24, 2.45) is 5.92 Å². The second-order valence-electron chi connectivity index (χ2n) is 5.28. The molecule has 2 rings (SSSR count). The number of hydrogen-bond donors (Lipinski definition) is 0. The van der Waals surface area contributed by atoms with Gasteiger partial charge in [-0.15, -0.1) is 0 Å². The van der Waals surface area contributed by atoms with Crippen molar-refractivity contribution >= 4 is 33.5 Å². The van der Waals surface area contributed by atoms with Gasteiger partial charge in [0.1, 0.15) is 11.5 Å². The molecule has 0 aromatic heterocycles. The molecule has 0 amide bonds. The molecule has 4 heteroatoms. The van der Waals surface area contributed by atoms with Gasteiger partial charge in [-0.2, -0.15) is 11.8 Å². The maximum absolute atomic E-state index is 12.0. The highest BCUT2D eigenvalue weighted by Gasteiger charge is 2.19. The minimum atomic E-state index is 0.279. The fraction of sp³-hybridized carbons (Fsp3) is 0.533. The molecule has 1 aliphatic rings. The Morgan fingerprint density at radius 2 is 2.26 bits per heavy atom. The van der Waals surface area contributed by atoms with Gasteiger partial charge in [-0.25, -0.2) is 0 Å². The van der Waals surface area contributed by atoms with Crippen molar-refractivity contribution in [2.75, 3.05) is 18.1 Å². The lowest BCUT2D eigenvalue weighted by Gasteiger charge is -2.09. The summed E-state index contributed by atoms with van der Waals surface area (Å²) in [6, 6.07) is 4.10. The van der Waals surface area contributed by atoms with Crippen LogP contribution in [0.2, 0.25) is 0 Å². The van der Waals surface area contributed by atoms with Crippen molar-refractivity contribution in [2.45, 2.75) is 26.7 Å². The second-order valence-corrected chi connectivity index (χ2v) is 7.22. The van der Waals surface area contributed by atoms with Gasteiger partial charge in [0.05, 0.1) is 12.4 Å². The average molecular weight is 343 g/mol. The number of thioether (sulfide) groups is 1. The lowest BCUT2D eigenvalue weighted by Crippen LogP contribution is -2.08. The van der Waals surface area contributed by atoms with Crippen LogP contribution in [0.4, 0.5) is 0 Å². The number of benzene rings is 1. The number of carbonyl (C=O) groups is 1. The Morgan fingerprint density at radius 3 is 3.00 bits per heavy atom. The smallest absolute Gasteiger partial charge is 0.147 e. The van der Waals surface area contributed by atoms with Crippen LogP contribution in [0.1, 0.15) is 25.0 Å². The molecule has 0 unspecified atom stereocenters. The first-order valence-corrected chi connectivity index (χ1v) is 8.54. The molecule has 2 nitrogen and oxygen atoms in total. The standard InChI is InChI=1S/C15H19BrO2S/c1-10(2)8-19-9-14(17)7-12-6-13(16)5-11-3-4-18-15(11)12/h5-6,10H,3-4,7-9H2,1-2H3. The van der Waals surface area contributed by atoms with E-state index in [1.165, 1.54) is 5.56 Å². The van der Waals surface area contributed by atoms with E-state index in [0.29, 0.717) is 18.1 Å². The third kappa shape index (κ3) is 4.25. The summed E-state index contributed by atoms with van der Waals surface area (Å²) in [5, 5.41) is 0. The van der Waals surface area contributed by atoms with Gasteiger partial charge >= 0.3 is 0 Å². The molecule has 0 aliphatic carbocycles. The number of rotatable bonds is 6. The van der Waals surface area contributed by atoms with Gasteiger partial charge in [0.2, 0.25) is 0 Å². The van der Waals surface area contributed by atoms with Gasteiger partial charge in [0.15, 0.2) is 0 Å². The van der Waals surface area contributed by atoms with E-state index in [1.807, 2.05) is 6.07 Å². The molecule has 0 bridgehead atoms. The number of ether oxygens (including phenoxy) is 1. The molecule has 0 saturated heterocycles. The van der Waals surface area contributed by atoms with Crippen molar-refractivity contribution in [3.8, 4) is 5.75 Å². The number of hydrogen-bond acceptors (Lipinski definition) is 3. The van der Waals surface area contributed by atoms with Gasteiger partial charge in [-0.1, -0.05) is 29.8 Å². The third-order valence-corrected chi connectivity index (χ3v) is 4.81. The minimum Gasteiger partial charge on any atom is -0.493 e. The third-order valence-electron chi connectivity index (χ3n) is 2.93. The van der Waals surface area contributed by atoms with Gasteiger partial charge < -0.3 is 4.74 Å². The van der Waals surface area contributed by atoms with E-state index in [9.17, 15) is 4.79 Å². The topological polar surface area (TPSA) is 26.3 Å². The number of ketones is 1. The Hall–Kier alpha value is -0.480. The van der Waals surface area contributed by atoms with Crippen LogP contribution in [0, 0.1) is 5.92 Å². The molecule has 1 aromatic rings. The lowest BCUT2D eigenvalue weighted by atomic mass is 10.0. The first-order valence-electron chi connectivity index (χ1n) is 6.60. The molecule has 0 atom stereocenters. The predicted molar refractivity (Wildman–Crippen MR) is 84.2 cm³/mol. The maximum Gasteiger partial charge on any atom is 0.147 e. The number of Topliss-reactive ketones (excluding diaryl/α,β-unsaturated/α-hetero) is 1. The molecular weight excluding hydrogens is 324 g/mol. The van der Waals surface area contributed by atoms with Gasteiger partial charge in [0.25, 0.3) is 0 Å². The summed E-state index contributed by atoms with van der Waals surface area (Å²) >= 11 is 5.23. The number of carbonyl (C=O) groups excluding carboxylic acids is 1. The fourth-order valence-electron chi connectivity index (χ4n) is 2.15. The molecule has 1 heterocycles. The van der Waals surface area contributed by atoms with Crippen molar-refractivity contribution in [1.29, 1.82) is 0 Å². The van der Waals surface area contributed by atoms with E-state index in [2.05, 4.69) is 35.8 Å². The zero-order chi connectivity index (χ0) is 13.8. The molecule has 104 valence electrons. The van der Waals surface area contributed by atoms with Crippen molar-refractivity contribution < 1.29 is 9.53 Å². The van der Waals surface area contributed by atoms with Crippen LogP contribution >= 0.6 is 27.7 Å². The van der Waals surface area contributed by atoms with E-state index >= 15 is 0 Å². The molecular formula is C15H19BrO2S. The summed E-state index contributed by atoms with van der Waals surface area (Å²) in [6.45, 7) is 5.08. The zero-order valence-electron chi connectivity index (χ0n) is 11.4. The summed E-state index contributed by atoms with van der Waals surface area (Å²) in [5.74, 6) is 3.49. The van der Waals surface area contributed by atoms with E-state index in [4.69, 9.17) is 4.74 Å². The van der Waals surface area contributed by atoms with Gasteiger partial charge in [0, 0.05) is 22.9 Å². The normalized spacial score (nSPS) is 13.5. The molecule has 0 fully saturated rings. The van der Waals surface area contributed by atoms with Crippen molar-refractivity contribution in [3.05, 3.63) is 27.7 Å². The Kier molecular flexibility index (Phi) is 5.34. The first-order chi connectivity index (χ1) is 9.06. The van der Waals surface area contributed by atoms with Gasteiger partial charge in [-0.05, 0) is 29.4 Å². The summed E-state index contributed by atoms with van der Waals surface area (Å²) in [5.41, 5.74) is 2.24. The Bertz CT molecular complexity index is 471. The molecule has 1 aliphatic heterocycles. The highest BCUT2D eigenvalue weighted by atomic mass is 79.9. The number of fused-ring (bicyclic) bond motifs is 1. The van der Waals surface area contributed by atoms with E-state index in [0.717, 1.165) is 34.6 Å².